The lowest BCUT2D eigenvalue weighted by Gasteiger charge is -2.13. The number of benzene rings is 2. The van der Waals surface area contributed by atoms with Gasteiger partial charge in [-0.15, -0.1) is 0 Å². The number of nitrogens with zero attached hydrogens (tertiary/aromatic N) is 1. The Morgan fingerprint density at radius 3 is 2.41 bits per heavy atom. The molecule has 29 heavy (non-hydrogen) atoms. The van der Waals surface area contributed by atoms with Gasteiger partial charge in [0.05, 0.1) is 11.5 Å². The first kappa shape index (κ1) is 21.2. The summed E-state index contributed by atoms with van der Waals surface area (Å²) in [4.78, 5) is 14.3. The van der Waals surface area contributed by atoms with Gasteiger partial charge in [0.25, 0.3) is 5.91 Å². The minimum absolute atomic E-state index is 0.0912. The number of thiocarbonyl (C=S) groups is 1. The maximum absolute atomic E-state index is 12.2. The molecule has 0 unspecified atom stereocenters. The molecule has 0 radical (unpaired) electrons. The number of carbonyl (C=O) groups excluding carboxylic acids is 1. The molecule has 152 valence electrons. The first-order valence-corrected chi connectivity index (χ1v) is 10.5. The third-order valence-electron chi connectivity index (χ3n) is 4.18. The monoisotopic (exact) mass is 429 g/mol. The van der Waals surface area contributed by atoms with Gasteiger partial charge in [0.2, 0.25) is 0 Å². The van der Waals surface area contributed by atoms with E-state index in [4.69, 9.17) is 26.4 Å². The molecule has 1 saturated heterocycles. The number of aryl methyl sites for hydroxylation is 1. The molecule has 1 amide bonds. The smallest absolute Gasteiger partial charge is 0.265 e. The van der Waals surface area contributed by atoms with E-state index in [-0.39, 0.29) is 5.91 Å². The fourth-order valence-electron chi connectivity index (χ4n) is 2.64. The number of amides is 1. The van der Waals surface area contributed by atoms with E-state index in [1.165, 1.54) is 22.2 Å². The van der Waals surface area contributed by atoms with Crippen LogP contribution in [0.2, 0.25) is 0 Å². The van der Waals surface area contributed by atoms with Gasteiger partial charge in [-0.25, -0.2) is 0 Å². The van der Waals surface area contributed by atoms with Crippen molar-refractivity contribution < 1.29 is 19.0 Å². The Morgan fingerprint density at radius 1 is 1.03 bits per heavy atom. The highest BCUT2D eigenvalue weighted by molar-refractivity contribution is 8.26. The third-order valence-corrected chi connectivity index (χ3v) is 5.67. The molecule has 0 atom stereocenters. The summed E-state index contributed by atoms with van der Waals surface area (Å²) in [6, 6.07) is 13.5. The van der Waals surface area contributed by atoms with Gasteiger partial charge >= 0.3 is 0 Å². The van der Waals surface area contributed by atoms with Gasteiger partial charge in [-0.1, -0.05) is 47.7 Å². The van der Waals surface area contributed by atoms with E-state index >= 15 is 0 Å². The predicted molar refractivity (Wildman–Crippen MR) is 121 cm³/mol. The van der Waals surface area contributed by atoms with Gasteiger partial charge < -0.3 is 14.2 Å². The van der Waals surface area contributed by atoms with Crippen LogP contribution in [0, 0.1) is 6.92 Å². The van der Waals surface area contributed by atoms with Crippen molar-refractivity contribution >= 4 is 40.3 Å². The van der Waals surface area contributed by atoms with Crippen molar-refractivity contribution in [2.45, 2.75) is 13.8 Å². The molecule has 0 spiro atoms. The molecule has 1 aliphatic rings. The van der Waals surface area contributed by atoms with E-state index < -0.39 is 0 Å². The summed E-state index contributed by atoms with van der Waals surface area (Å²) >= 11 is 6.47. The fourth-order valence-corrected chi connectivity index (χ4v) is 3.82. The summed E-state index contributed by atoms with van der Waals surface area (Å²) in [5.41, 5.74) is 2.04. The lowest BCUT2D eigenvalue weighted by molar-refractivity contribution is -0.121. The van der Waals surface area contributed by atoms with Gasteiger partial charge in [-0.3, -0.25) is 9.69 Å². The van der Waals surface area contributed by atoms with Crippen molar-refractivity contribution in [1.82, 2.24) is 4.90 Å². The Kier molecular flexibility index (Phi) is 7.17. The van der Waals surface area contributed by atoms with Gasteiger partial charge in [0.15, 0.2) is 11.5 Å². The molecule has 2 aromatic carbocycles. The van der Waals surface area contributed by atoms with Crippen molar-refractivity contribution in [2.75, 3.05) is 26.9 Å². The van der Waals surface area contributed by atoms with Gasteiger partial charge in [0, 0.05) is 7.05 Å². The molecule has 0 aromatic heterocycles. The summed E-state index contributed by atoms with van der Waals surface area (Å²) in [7, 11) is 1.68. The third kappa shape index (κ3) is 5.52. The summed E-state index contributed by atoms with van der Waals surface area (Å²) in [5.74, 6) is 1.99. The summed E-state index contributed by atoms with van der Waals surface area (Å²) in [6.07, 6.45) is 1.82. The topological polar surface area (TPSA) is 48.0 Å². The lowest BCUT2D eigenvalue weighted by Crippen LogP contribution is -2.22. The van der Waals surface area contributed by atoms with Gasteiger partial charge in [-0.2, -0.15) is 0 Å². The number of hydrogen-bond acceptors (Lipinski definition) is 6. The average Bonchev–Trinajstić information content (AvgIpc) is 2.95. The zero-order valence-corrected chi connectivity index (χ0v) is 18.3. The Hall–Kier alpha value is -2.51. The Labute approximate surface area is 180 Å². The second-order valence-corrected chi connectivity index (χ2v) is 8.07. The Bertz CT molecular complexity index is 925. The fraction of sp³-hybridized carbons (Fsp3) is 0.273. The van der Waals surface area contributed by atoms with Crippen molar-refractivity contribution in [3.8, 4) is 17.2 Å². The molecule has 0 aliphatic carbocycles. The number of thioether (sulfide) groups is 1. The SMILES string of the molecule is CCOc1cc(C=C2SC(=S)N(C)C2=O)ccc1OCCOc1ccc(C)cc1. The highest BCUT2D eigenvalue weighted by Crippen LogP contribution is 2.34. The van der Waals surface area contributed by atoms with Crippen molar-refractivity contribution in [3.05, 3.63) is 58.5 Å². The summed E-state index contributed by atoms with van der Waals surface area (Å²) in [6.45, 7) is 5.28. The summed E-state index contributed by atoms with van der Waals surface area (Å²) < 4.78 is 17.8. The molecule has 7 heteroatoms. The second kappa shape index (κ2) is 9.80. The number of rotatable bonds is 8. The molecule has 0 bridgehead atoms. The Balaban J connectivity index is 1.64. The largest absolute Gasteiger partial charge is 0.490 e. The van der Waals surface area contributed by atoms with Gasteiger partial charge in [-0.05, 0) is 49.8 Å². The summed E-state index contributed by atoms with van der Waals surface area (Å²) in [5, 5.41) is 0. The zero-order valence-electron chi connectivity index (χ0n) is 16.6. The Morgan fingerprint density at radius 2 is 1.76 bits per heavy atom. The molecule has 2 aromatic rings. The quantitative estimate of drug-likeness (QED) is 0.345. The van der Waals surface area contributed by atoms with E-state index in [9.17, 15) is 4.79 Å². The second-order valence-electron chi connectivity index (χ2n) is 6.39. The maximum atomic E-state index is 12.2. The van der Waals surface area contributed by atoms with Crippen LogP contribution in [0.1, 0.15) is 18.1 Å². The first-order chi connectivity index (χ1) is 14.0. The van der Waals surface area contributed by atoms with Crippen molar-refractivity contribution in [1.29, 1.82) is 0 Å². The van der Waals surface area contributed by atoms with Crippen LogP contribution in [0.25, 0.3) is 6.08 Å². The van der Waals surface area contributed by atoms with Crippen molar-refractivity contribution in [3.63, 3.8) is 0 Å². The van der Waals surface area contributed by atoms with E-state index in [1.54, 1.807) is 7.05 Å². The van der Waals surface area contributed by atoms with Crippen LogP contribution in [0.15, 0.2) is 47.4 Å². The normalized spacial score (nSPS) is 15.1. The predicted octanol–water partition coefficient (Wildman–Crippen LogP) is 4.68. The molecule has 1 aliphatic heterocycles. The van der Waals surface area contributed by atoms with Crippen LogP contribution in [-0.4, -0.2) is 42.0 Å². The van der Waals surface area contributed by atoms with Crippen LogP contribution < -0.4 is 14.2 Å². The first-order valence-electron chi connectivity index (χ1n) is 9.28. The average molecular weight is 430 g/mol. The van der Waals surface area contributed by atoms with Gasteiger partial charge in [0.1, 0.15) is 23.3 Å². The van der Waals surface area contributed by atoms with Crippen LogP contribution >= 0.6 is 24.0 Å². The number of likely N-dealkylation sites (N-methyl/N-ethyl adjacent to an activating group) is 1. The number of hydrogen-bond donors (Lipinski definition) is 0. The minimum atomic E-state index is -0.0912. The molecule has 3 rings (SSSR count). The van der Waals surface area contributed by atoms with E-state index in [0.717, 1.165) is 11.3 Å². The molecule has 1 fully saturated rings. The highest BCUT2D eigenvalue weighted by atomic mass is 32.2. The number of carbonyl (C=O) groups is 1. The molecular weight excluding hydrogens is 406 g/mol. The molecule has 1 heterocycles. The van der Waals surface area contributed by atoms with Crippen LogP contribution in [0.5, 0.6) is 17.2 Å². The molecule has 5 nitrogen and oxygen atoms in total. The highest BCUT2D eigenvalue weighted by Gasteiger charge is 2.28. The molecule has 0 saturated carbocycles. The minimum Gasteiger partial charge on any atom is -0.490 e. The zero-order chi connectivity index (χ0) is 20.8. The van der Waals surface area contributed by atoms with Crippen LogP contribution in [-0.2, 0) is 4.79 Å². The van der Waals surface area contributed by atoms with Crippen molar-refractivity contribution in [2.24, 2.45) is 0 Å². The maximum Gasteiger partial charge on any atom is 0.265 e. The van der Waals surface area contributed by atoms with E-state index in [2.05, 4.69) is 0 Å². The van der Waals surface area contributed by atoms with E-state index in [1.807, 2.05) is 62.4 Å². The molecular formula is C22H23NO4S2. The standard InChI is InChI=1S/C22H23NO4S2/c1-4-25-19-13-16(14-20-21(24)23(3)22(28)29-20)7-10-18(19)27-12-11-26-17-8-5-15(2)6-9-17/h5-10,13-14H,4,11-12H2,1-3H3. The van der Waals surface area contributed by atoms with Crippen LogP contribution in [0.3, 0.4) is 0 Å². The van der Waals surface area contributed by atoms with E-state index in [0.29, 0.717) is 40.5 Å². The number of ether oxygens (including phenoxy) is 3. The van der Waals surface area contributed by atoms with Crippen LogP contribution in [0.4, 0.5) is 0 Å². The lowest BCUT2D eigenvalue weighted by atomic mass is 10.2. The molecule has 0 N–H and O–H groups in total.